The van der Waals surface area contributed by atoms with Gasteiger partial charge in [0, 0.05) is 0 Å². The van der Waals surface area contributed by atoms with Gasteiger partial charge in [0.05, 0.1) is 0 Å². The molecule has 1 nitrogen and oxygen atoms in total. The van der Waals surface area contributed by atoms with Crippen LogP contribution < -0.4 is 5.73 Å². The Morgan fingerprint density at radius 2 is 2.07 bits per heavy atom. The Balaban J connectivity index is 1.57. The average Bonchev–Trinajstić information content (AvgIpc) is 2.80. The summed E-state index contributed by atoms with van der Waals surface area (Å²) in [4.78, 5) is 0. The zero-order valence-corrected chi connectivity index (χ0v) is 9.36. The molecule has 0 aromatic carbocycles. The van der Waals surface area contributed by atoms with Crippen LogP contribution in [0.4, 0.5) is 0 Å². The van der Waals surface area contributed by atoms with Gasteiger partial charge in [0.1, 0.15) is 0 Å². The largest absolute Gasteiger partial charge is 0.330 e. The number of hydrogen-bond acceptors (Lipinski definition) is 1. The lowest BCUT2D eigenvalue weighted by Gasteiger charge is -2.39. The second kappa shape index (κ2) is 3.79. The summed E-state index contributed by atoms with van der Waals surface area (Å²) in [7, 11) is 0. The first-order chi connectivity index (χ1) is 7.36. The molecule has 3 unspecified atom stereocenters. The van der Waals surface area contributed by atoms with Gasteiger partial charge in [-0.2, -0.15) is 0 Å². The van der Waals surface area contributed by atoms with Crippen molar-refractivity contribution in [2.75, 3.05) is 6.54 Å². The van der Waals surface area contributed by atoms with E-state index in [0.717, 1.165) is 30.2 Å². The van der Waals surface area contributed by atoms with Gasteiger partial charge in [-0.05, 0) is 62.3 Å². The fourth-order valence-corrected chi connectivity index (χ4v) is 3.68. The molecule has 1 saturated carbocycles. The fourth-order valence-electron chi connectivity index (χ4n) is 3.68. The van der Waals surface area contributed by atoms with E-state index in [0.29, 0.717) is 0 Å². The molecule has 0 bridgehead atoms. The molecule has 3 rings (SSSR count). The highest BCUT2D eigenvalue weighted by Gasteiger charge is 2.42. The highest BCUT2D eigenvalue weighted by molar-refractivity contribution is 5.20. The summed E-state index contributed by atoms with van der Waals surface area (Å²) in [6, 6.07) is 0. The highest BCUT2D eigenvalue weighted by Crippen LogP contribution is 2.50. The zero-order chi connectivity index (χ0) is 10.3. The van der Waals surface area contributed by atoms with Crippen LogP contribution >= 0.6 is 0 Å². The summed E-state index contributed by atoms with van der Waals surface area (Å²) >= 11 is 0. The second-order valence-corrected chi connectivity index (χ2v) is 5.61. The van der Waals surface area contributed by atoms with Gasteiger partial charge >= 0.3 is 0 Å². The molecule has 3 aliphatic rings. The molecule has 0 radical (unpaired) electrons. The predicted octanol–water partition coefficient (Wildman–Crippen LogP) is 2.88. The first kappa shape index (κ1) is 9.65. The first-order valence-corrected chi connectivity index (χ1v) is 6.41. The number of fused-ring (bicyclic) bond motifs is 1. The Labute approximate surface area is 92.4 Å². The van der Waals surface area contributed by atoms with Crippen molar-refractivity contribution in [2.24, 2.45) is 29.4 Å². The van der Waals surface area contributed by atoms with E-state index in [-0.39, 0.29) is 0 Å². The summed E-state index contributed by atoms with van der Waals surface area (Å²) in [5, 5.41) is 0. The van der Waals surface area contributed by atoms with Crippen molar-refractivity contribution in [3.63, 3.8) is 0 Å². The van der Waals surface area contributed by atoms with Gasteiger partial charge in [-0.25, -0.2) is 0 Å². The lowest BCUT2D eigenvalue weighted by atomic mass is 9.66. The monoisotopic (exact) mass is 203 g/mol. The van der Waals surface area contributed by atoms with Crippen molar-refractivity contribution in [1.82, 2.24) is 0 Å². The summed E-state index contributed by atoms with van der Waals surface area (Å²) < 4.78 is 0. The molecule has 0 aromatic heterocycles. The minimum Gasteiger partial charge on any atom is -0.330 e. The predicted molar refractivity (Wildman–Crippen MR) is 63.3 cm³/mol. The minimum absolute atomic E-state index is 0.814. The van der Waals surface area contributed by atoms with E-state index < -0.39 is 0 Å². The molecular weight excluding hydrogens is 182 g/mol. The van der Waals surface area contributed by atoms with E-state index in [4.69, 9.17) is 5.73 Å². The molecule has 0 amide bonds. The van der Waals surface area contributed by atoms with Crippen molar-refractivity contribution in [2.45, 2.75) is 32.1 Å². The SMILES string of the molecule is NCC1CC2CC(CC3CC=CC3)=CC12. The average molecular weight is 203 g/mol. The maximum Gasteiger partial charge on any atom is -0.00430 e. The minimum atomic E-state index is 0.814. The molecule has 3 aliphatic carbocycles. The fraction of sp³-hybridized carbons (Fsp3) is 0.714. The van der Waals surface area contributed by atoms with E-state index in [1.165, 1.54) is 32.1 Å². The van der Waals surface area contributed by atoms with Crippen LogP contribution in [0.3, 0.4) is 0 Å². The van der Waals surface area contributed by atoms with Gasteiger partial charge in [-0.3, -0.25) is 0 Å². The van der Waals surface area contributed by atoms with Crippen LogP contribution in [0.15, 0.2) is 23.8 Å². The van der Waals surface area contributed by atoms with Gasteiger partial charge in [0.2, 0.25) is 0 Å². The van der Waals surface area contributed by atoms with Crippen molar-refractivity contribution < 1.29 is 0 Å². The number of allylic oxidation sites excluding steroid dienone is 4. The molecule has 2 N–H and O–H groups in total. The van der Waals surface area contributed by atoms with E-state index in [9.17, 15) is 0 Å². The molecular formula is C14H21N. The van der Waals surface area contributed by atoms with Crippen molar-refractivity contribution in [3.05, 3.63) is 23.8 Å². The molecule has 0 spiro atoms. The van der Waals surface area contributed by atoms with E-state index in [1.54, 1.807) is 5.57 Å². The normalized spacial score (nSPS) is 39.0. The van der Waals surface area contributed by atoms with E-state index >= 15 is 0 Å². The molecule has 0 saturated heterocycles. The summed E-state index contributed by atoms with van der Waals surface area (Å²) in [5.41, 5.74) is 7.50. The lowest BCUT2D eigenvalue weighted by molar-refractivity contribution is 0.136. The van der Waals surface area contributed by atoms with Crippen molar-refractivity contribution in [1.29, 1.82) is 0 Å². The lowest BCUT2D eigenvalue weighted by Crippen LogP contribution is -2.37. The summed E-state index contributed by atoms with van der Waals surface area (Å²) in [6.07, 6.45) is 14.0. The Morgan fingerprint density at radius 3 is 2.80 bits per heavy atom. The Morgan fingerprint density at radius 1 is 1.27 bits per heavy atom. The topological polar surface area (TPSA) is 26.0 Å². The van der Waals surface area contributed by atoms with Crippen LogP contribution in [-0.2, 0) is 0 Å². The molecule has 1 fully saturated rings. The Bertz CT molecular complexity index is 294. The van der Waals surface area contributed by atoms with Gasteiger partial charge in [-0.15, -0.1) is 0 Å². The first-order valence-electron chi connectivity index (χ1n) is 6.41. The van der Waals surface area contributed by atoms with Gasteiger partial charge in [0.15, 0.2) is 0 Å². The van der Waals surface area contributed by atoms with Gasteiger partial charge < -0.3 is 5.73 Å². The van der Waals surface area contributed by atoms with Crippen LogP contribution in [0.5, 0.6) is 0 Å². The second-order valence-electron chi connectivity index (χ2n) is 5.61. The standard InChI is InChI=1S/C14H21N/c15-9-13-8-12-6-11(7-14(12)13)5-10-3-1-2-4-10/h1-2,7,10,12-14H,3-6,8-9,15H2. The maximum absolute atomic E-state index is 5.76. The van der Waals surface area contributed by atoms with Crippen molar-refractivity contribution >= 4 is 0 Å². The Hall–Kier alpha value is -0.560. The molecule has 15 heavy (non-hydrogen) atoms. The third-order valence-corrected chi connectivity index (χ3v) is 4.61. The third kappa shape index (κ3) is 1.67. The molecule has 82 valence electrons. The molecule has 0 aromatic rings. The number of rotatable bonds is 3. The molecule has 0 aliphatic heterocycles. The van der Waals surface area contributed by atoms with E-state index in [2.05, 4.69) is 18.2 Å². The van der Waals surface area contributed by atoms with Crippen LogP contribution in [0, 0.1) is 23.7 Å². The van der Waals surface area contributed by atoms with E-state index in [1.807, 2.05) is 0 Å². The quantitative estimate of drug-likeness (QED) is 0.701. The maximum atomic E-state index is 5.76. The zero-order valence-electron chi connectivity index (χ0n) is 9.36. The Kier molecular flexibility index (Phi) is 2.44. The van der Waals surface area contributed by atoms with Crippen LogP contribution in [0.25, 0.3) is 0 Å². The number of nitrogens with two attached hydrogens (primary N) is 1. The van der Waals surface area contributed by atoms with Crippen LogP contribution in [0.2, 0.25) is 0 Å². The molecule has 3 atom stereocenters. The number of hydrogen-bond donors (Lipinski definition) is 1. The molecule has 0 heterocycles. The van der Waals surface area contributed by atoms with Gasteiger partial charge in [0.25, 0.3) is 0 Å². The molecule has 1 heteroatoms. The highest BCUT2D eigenvalue weighted by atomic mass is 14.6. The van der Waals surface area contributed by atoms with Crippen LogP contribution in [-0.4, -0.2) is 6.54 Å². The third-order valence-electron chi connectivity index (χ3n) is 4.61. The van der Waals surface area contributed by atoms with Crippen molar-refractivity contribution in [3.8, 4) is 0 Å². The summed E-state index contributed by atoms with van der Waals surface area (Å²) in [5.74, 6) is 3.57. The summed E-state index contributed by atoms with van der Waals surface area (Å²) in [6.45, 7) is 0.899. The van der Waals surface area contributed by atoms with Gasteiger partial charge in [-0.1, -0.05) is 23.8 Å². The van der Waals surface area contributed by atoms with Crippen LogP contribution in [0.1, 0.15) is 32.1 Å². The smallest absolute Gasteiger partial charge is 0.00430 e.